The average Bonchev–Trinajstić information content (AvgIpc) is 3.09. The maximum absolute atomic E-state index is 13.2. The highest BCUT2D eigenvalue weighted by atomic mass is 19.1. The summed E-state index contributed by atoms with van der Waals surface area (Å²) >= 11 is 0. The van der Waals surface area contributed by atoms with E-state index in [2.05, 4.69) is 9.97 Å². The predicted molar refractivity (Wildman–Crippen MR) is 109 cm³/mol. The Morgan fingerprint density at radius 3 is 2.52 bits per heavy atom. The first-order chi connectivity index (χ1) is 13.8. The molecule has 0 aliphatic carbocycles. The molecule has 7 nitrogen and oxygen atoms in total. The predicted octanol–water partition coefficient (Wildman–Crippen LogP) is 2.57. The van der Waals surface area contributed by atoms with Crippen molar-refractivity contribution in [3.8, 4) is 0 Å². The van der Waals surface area contributed by atoms with Crippen molar-refractivity contribution in [3.63, 3.8) is 0 Å². The van der Waals surface area contributed by atoms with Crippen LogP contribution in [0.1, 0.15) is 37.2 Å². The fourth-order valence-corrected chi connectivity index (χ4v) is 3.36. The van der Waals surface area contributed by atoms with E-state index in [0.717, 1.165) is 11.5 Å². The van der Waals surface area contributed by atoms with Gasteiger partial charge < -0.3 is 14.7 Å². The van der Waals surface area contributed by atoms with E-state index in [4.69, 9.17) is 0 Å². The van der Waals surface area contributed by atoms with Crippen LogP contribution in [0, 0.1) is 5.82 Å². The van der Waals surface area contributed by atoms with Crippen LogP contribution < -0.4 is 9.80 Å². The molecular weight excluding hydrogens is 373 g/mol. The van der Waals surface area contributed by atoms with Crippen molar-refractivity contribution in [1.82, 2.24) is 14.9 Å². The Kier molecular flexibility index (Phi) is 6.10. The van der Waals surface area contributed by atoms with Crippen molar-refractivity contribution in [2.45, 2.75) is 32.2 Å². The molecule has 2 aromatic rings. The number of amides is 2. The van der Waals surface area contributed by atoms with E-state index in [1.165, 1.54) is 12.1 Å². The van der Waals surface area contributed by atoms with Crippen LogP contribution in [0.4, 0.5) is 15.9 Å². The zero-order chi connectivity index (χ0) is 21.1. The van der Waals surface area contributed by atoms with Crippen LogP contribution >= 0.6 is 0 Å². The van der Waals surface area contributed by atoms with Gasteiger partial charge in [0.05, 0.1) is 12.2 Å². The number of rotatable bonds is 6. The number of hydrogen-bond acceptors (Lipinski definition) is 5. The molecule has 0 unspecified atom stereocenters. The first kappa shape index (κ1) is 20.7. The first-order valence-electron chi connectivity index (χ1n) is 9.63. The summed E-state index contributed by atoms with van der Waals surface area (Å²) in [5.74, 6) is 0.840. The number of halogens is 1. The summed E-state index contributed by atoms with van der Waals surface area (Å²) in [7, 11) is 5.51. The van der Waals surface area contributed by atoms with Gasteiger partial charge >= 0.3 is 0 Å². The van der Waals surface area contributed by atoms with Crippen LogP contribution in [-0.2, 0) is 16.1 Å². The van der Waals surface area contributed by atoms with Crippen molar-refractivity contribution in [2.24, 2.45) is 0 Å². The lowest BCUT2D eigenvalue weighted by Crippen LogP contribution is -2.27. The number of nitrogens with zero attached hydrogens (tertiary/aromatic N) is 5. The van der Waals surface area contributed by atoms with Crippen molar-refractivity contribution < 1.29 is 14.0 Å². The zero-order valence-electron chi connectivity index (χ0n) is 17.2. The second-order valence-corrected chi connectivity index (χ2v) is 7.45. The molecule has 0 spiro atoms. The lowest BCUT2D eigenvalue weighted by molar-refractivity contribution is -0.130. The van der Waals surface area contributed by atoms with E-state index in [9.17, 15) is 14.0 Å². The number of benzene rings is 1. The molecule has 1 fully saturated rings. The van der Waals surface area contributed by atoms with Gasteiger partial charge in [0.15, 0.2) is 0 Å². The van der Waals surface area contributed by atoms with Crippen LogP contribution in [0.3, 0.4) is 0 Å². The molecule has 1 aliphatic heterocycles. The minimum Gasteiger partial charge on any atom is -0.363 e. The topological polar surface area (TPSA) is 69.6 Å². The Morgan fingerprint density at radius 1 is 1.21 bits per heavy atom. The van der Waals surface area contributed by atoms with Crippen LogP contribution in [0.15, 0.2) is 30.3 Å². The average molecular weight is 399 g/mol. The third kappa shape index (κ3) is 4.70. The molecule has 8 heteroatoms. The Bertz CT molecular complexity index is 900. The highest BCUT2D eigenvalue weighted by molar-refractivity contribution is 5.96. The van der Waals surface area contributed by atoms with Gasteiger partial charge in [-0.3, -0.25) is 9.59 Å². The highest BCUT2D eigenvalue weighted by Crippen LogP contribution is 2.32. The maximum Gasteiger partial charge on any atom is 0.227 e. The summed E-state index contributed by atoms with van der Waals surface area (Å²) in [4.78, 5) is 38.9. The summed E-state index contributed by atoms with van der Waals surface area (Å²) < 4.78 is 13.2. The third-order valence-corrected chi connectivity index (χ3v) is 5.03. The molecule has 1 aliphatic rings. The second-order valence-electron chi connectivity index (χ2n) is 7.45. The van der Waals surface area contributed by atoms with Crippen LogP contribution in [-0.4, -0.2) is 54.4 Å². The van der Waals surface area contributed by atoms with Gasteiger partial charge in [-0.1, -0.05) is 6.92 Å². The number of carbonyl (C=O) groups excluding carboxylic acids is 2. The van der Waals surface area contributed by atoms with E-state index >= 15 is 0 Å². The molecule has 1 saturated heterocycles. The van der Waals surface area contributed by atoms with Gasteiger partial charge in [0.25, 0.3) is 0 Å². The van der Waals surface area contributed by atoms with Gasteiger partial charge in [-0.2, -0.15) is 0 Å². The molecule has 1 aromatic heterocycles. The lowest BCUT2D eigenvalue weighted by atomic mass is 10.0. The minimum atomic E-state index is -0.334. The van der Waals surface area contributed by atoms with E-state index in [1.807, 2.05) is 32.0 Å². The molecule has 154 valence electrons. The largest absolute Gasteiger partial charge is 0.363 e. The monoisotopic (exact) mass is 399 g/mol. The molecule has 0 saturated carbocycles. The molecule has 0 bridgehead atoms. The molecule has 2 heterocycles. The van der Waals surface area contributed by atoms with Gasteiger partial charge in [-0.05, 0) is 24.3 Å². The normalized spacial score (nSPS) is 16.2. The molecular formula is C21H26FN5O2. The Balaban J connectivity index is 1.86. The van der Waals surface area contributed by atoms with Crippen molar-refractivity contribution in [2.75, 3.05) is 37.5 Å². The van der Waals surface area contributed by atoms with Gasteiger partial charge in [0.1, 0.15) is 17.5 Å². The zero-order valence-corrected chi connectivity index (χ0v) is 17.2. The molecule has 0 radical (unpaired) electrons. The SMILES string of the molecule is CCC(=O)N(C)Cc1nc([C@@H]2CC(=O)N(c3ccc(F)cc3)C2)cc(N(C)C)n1. The second kappa shape index (κ2) is 8.55. The van der Waals surface area contributed by atoms with Crippen molar-refractivity contribution >= 4 is 23.3 Å². The van der Waals surface area contributed by atoms with E-state index in [0.29, 0.717) is 37.4 Å². The van der Waals surface area contributed by atoms with Crippen LogP contribution in [0.25, 0.3) is 0 Å². The van der Waals surface area contributed by atoms with Gasteiger partial charge in [-0.25, -0.2) is 14.4 Å². The number of anilines is 2. The Morgan fingerprint density at radius 2 is 1.90 bits per heavy atom. The van der Waals surface area contributed by atoms with E-state index in [-0.39, 0.29) is 23.5 Å². The Labute approximate surface area is 170 Å². The third-order valence-electron chi connectivity index (χ3n) is 5.03. The molecule has 1 atom stereocenters. The van der Waals surface area contributed by atoms with E-state index in [1.54, 1.807) is 29.0 Å². The minimum absolute atomic E-state index is 0.0175. The summed E-state index contributed by atoms with van der Waals surface area (Å²) in [6, 6.07) is 7.80. The standard InChI is InChI=1S/C21H26FN5O2/c1-5-20(28)26(4)13-18-23-17(11-19(24-18)25(2)3)14-10-21(29)27(12-14)16-8-6-15(22)7-9-16/h6-9,11,14H,5,10,12-13H2,1-4H3/t14-/m1/s1. The van der Waals surface area contributed by atoms with Crippen molar-refractivity contribution in [1.29, 1.82) is 0 Å². The number of aromatic nitrogens is 2. The van der Waals surface area contributed by atoms with E-state index < -0.39 is 0 Å². The highest BCUT2D eigenvalue weighted by Gasteiger charge is 2.33. The Hall–Kier alpha value is -3.03. The van der Waals surface area contributed by atoms with Crippen molar-refractivity contribution in [3.05, 3.63) is 47.7 Å². The van der Waals surface area contributed by atoms with Crippen LogP contribution in [0.2, 0.25) is 0 Å². The number of hydrogen-bond donors (Lipinski definition) is 0. The van der Waals surface area contributed by atoms with Gasteiger partial charge in [0.2, 0.25) is 11.8 Å². The molecule has 0 N–H and O–H groups in total. The van der Waals surface area contributed by atoms with Gasteiger partial charge in [0, 0.05) is 58.2 Å². The smallest absolute Gasteiger partial charge is 0.227 e. The van der Waals surface area contributed by atoms with Gasteiger partial charge in [-0.15, -0.1) is 0 Å². The number of carbonyl (C=O) groups is 2. The summed E-state index contributed by atoms with van der Waals surface area (Å²) in [5, 5.41) is 0. The molecule has 29 heavy (non-hydrogen) atoms. The molecule has 2 amide bonds. The maximum atomic E-state index is 13.2. The summed E-state index contributed by atoms with van der Waals surface area (Å²) in [6.45, 7) is 2.59. The summed E-state index contributed by atoms with van der Waals surface area (Å²) in [5.41, 5.74) is 1.45. The van der Waals surface area contributed by atoms with Crippen LogP contribution in [0.5, 0.6) is 0 Å². The lowest BCUT2D eigenvalue weighted by Gasteiger charge is -2.20. The molecule has 1 aromatic carbocycles. The summed E-state index contributed by atoms with van der Waals surface area (Å²) in [6.07, 6.45) is 0.741. The fourth-order valence-electron chi connectivity index (χ4n) is 3.36. The first-order valence-corrected chi connectivity index (χ1v) is 9.63. The fraction of sp³-hybridized carbons (Fsp3) is 0.429. The molecule has 3 rings (SSSR count). The quantitative estimate of drug-likeness (QED) is 0.747.